The van der Waals surface area contributed by atoms with Crippen molar-refractivity contribution in [2.24, 2.45) is 5.92 Å². The molecule has 2 aliphatic heterocycles. The van der Waals surface area contributed by atoms with Crippen LogP contribution in [0.5, 0.6) is 0 Å². The number of benzene rings is 1. The molecule has 0 spiro atoms. The number of hydrogen-bond acceptors (Lipinski definition) is 3. The number of hydrogen-bond donors (Lipinski definition) is 0. The highest BCUT2D eigenvalue weighted by Crippen LogP contribution is 2.27. The molecule has 1 aromatic rings. The van der Waals surface area contributed by atoms with Crippen LogP contribution in [0.15, 0.2) is 24.3 Å². The number of nitrogens with zero attached hydrogens (tertiary/aromatic N) is 1. The van der Waals surface area contributed by atoms with Crippen LogP contribution in [-0.4, -0.2) is 43.4 Å². The topological polar surface area (TPSA) is 38.8 Å². The zero-order chi connectivity index (χ0) is 13.9. The highest BCUT2D eigenvalue weighted by molar-refractivity contribution is 14.1. The lowest BCUT2D eigenvalue weighted by atomic mass is 9.95. The van der Waals surface area contributed by atoms with Gasteiger partial charge >= 0.3 is 0 Å². The van der Waals surface area contributed by atoms with Crippen LogP contribution in [0.1, 0.15) is 23.2 Å². The zero-order valence-electron chi connectivity index (χ0n) is 11.3. The van der Waals surface area contributed by atoms with Crippen LogP contribution in [0.4, 0.5) is 0 Å². The van der Waals surface area contributed by atoms with Crippen molar-refractivity contribution in [2.75, 3.05) is 26.3 Å². The monoisotopic (exact) mass is 387 g/mol. The molecule has 2 saturated heterocycles. The number of ether oxygens (including phenoxy) is 2. The summed E-state index contributed by atoms with van der Waals surface area (Å²) in [5.41, 5.74) is 0.805. The Morgan fingerprint density at radius 3 is 2.45 bits per heavy atom. The summed E-state index contributed by atoms with van der Waals surface area (Å²) in [7, 11) is 0. The van der Waals surface area contributed by atoms with E-state index in [1.54, 1.807) is 0 Å². The summed E-state index contributed by atoms with van der Waals surface area (Å²) in [6, 6.07) is 7.75. The quantitative estimate of drug-likeness (QED) is 0.733. The Morgan fingerprint density at radius 2 is 1.80 bits per heavy atom. The predicted octanol–water partition coefficient (Wildman–Crippen LogP) is 2.52. The van der Waals surface area contributed by atoms with Gasteiger partial charge in [0.2, 0.25) is 0 Å². The minimum atomic E-state index is -0.0517. The van der Waals surface area contributed by atoms with Crippen LogP contribution in [0.2, 0.25) is 0 Å². The van der Waals surface area contributed by atoms with Crippen molar-refractivity contribution >= 4 is 28.5 Å². The molecule has 4 nitrogen and oxygen atoms in total. The number of carbonyl (C=O) groups excluding carboxylic acids is 1. The van der Waals surface area contributed by atoms with Gasteiger partial charge in [-0.3, -0.25) is 4.79 Å². The molecule has 3 rings (SSSR count). The molecule has 2 fully saturated rings. The van der Waals surface area contributed by atoms with Crippen molar-refractivity contribution in [3.8, 4) is 0 Å². The Bertz CT molecular complexity index is 480. The molecule has 108 valence electrons. The highest BCUT2D eigenvalue weighted by Gasteiger charge is 2.32. The molecule has 2 aliphatic rings. The first kappa shape index (κ1) is 14.3. The lowest BCUT2D eigenvalue weighted by molar-refractivity contribution is -0.0956. The van der Waals surface area contributed by atoms with Crippen LogP contribution in [0, 0.1) is 9.49 Å². The second kappa shape index (κ2) is 6.41. The summed E-state index contributed by atoms with van der Waals surface area (Å²) in [5.74, 6) is 0.568. The van der Waals surface area contributed by atoms with Gasteiger partial charge in [-0.15, -0.1) is 0 Å². The lowest BCUT2D eigenvalue weighted by Crippen LogP contribution is -2.41. The summed E-state index contributed by atoms with van der Waals surface area (Å²) in [6.07, 6.45) is 1.86. The van der Waals surface area contributed by atoms with Gasteiger partial charge in [0.15, 0.2) is 6.29 Å². The van der Waals surface area contributed by atoms with E-state index in [1.165, 1.54) is 0 Å². The number of amides is 1. The van der Waals surface area contributed by atoms with Crippen molar-refractivity contribution in [3.05, 3.63) is 33.4 Å². The van der Waals surface area contributed by atoms with E-state index in [2.05, 4.69) is 22.6 Å². The van der Waals surface area contributed by atoms with Gasteiger partial charge in [-0.1, -0.05) is 12.1 Å². The van der Waals surface area contributed by atoms with Gasteiger partial charge in [-0.25, -0.2) is 0 Å². The smallest absolute Gasteiger partial charge is 0.254 e. The summed E-state index contributed by atoms with van der Waals surface area (Å²) >= 11 is 2.22. The molecule has 0 N–H and O–H groups in total. The molecule has 0 bridgehead atoms. The lowest BCUT2D eigenvalue weighted by Gasteiger charge is -2.34. The minimum Gasteiger partial charge on any atom is -0.350 e. The molecule has 0 radical (unpaired) electrons. The molecular formula is C15H18INO3. The fourth-order valence-electron chi connectivity index (χ4n) is 2.83. The van der Waals surface area contributed by atoms with Gasteiger partial charge in [0.05, 0.1) is 18.8 Å². The van der Waals surface area contributed by atoms with Gasteiger partial charge < -0.3 is 14.4 Å². The first-order chi connectivity index (χ1) is 9.75. The minimum absolute atomic E-state index is 0.0517. The van der Waals surface area contributed by atoms with Gasteiger partial charge in [0, 0.05) is 22.6 Å². The van der Waals surface area contributed by atoms with Gasteiger partial charge in [0.1, 0.15) is 0 Å². The highest BCUT2D eigenvalue weighted by atomic mass is 127. The second-order valence-electron chi connectivity index (χ2n) is 5.22. The molecule has 0 atom stereocenters. The summed E-state index contributed by atoms with van der Waals surface area (Å²) in [6.45, 7) is 2.98. The van der Waals surface area contributed by atoms with E-state index >= 15 is 0 Å². The molecule has 20 heavy (non-hydrogen) atoms. The van der Waals surface area contributed by atoms with Crippen molar-refractivity contribution in [3.63, 3.8) is 0 Å². The fraction of sp³-hybridized carbons (Fsp3) is 0.533. The maximum atomic E-state index is 12.5. The molecule has 1 amide bonds. The van der Waals surface area contributed by atoms with E-state index in [0.29, 0.717) is 19.1 Å². The van der Waals surface area contributed by atoms with E-state index in [0.717, 1.165) is 35.1 Å². The third kappa shape index (κ3) is 2.99. The maximum Gasteiger partial charge on any atom is 0.254 e. The SMILES string of the molecule is O=C(c1ccccc1I)N1CCC(C2OCCO2)CC1. The van der Waals surface area contributed by atoms with E-state index in [1.807, 2.05) is 29.2 Å². The first-order valence-electron chi connectivity index (χ1n) is 7.03. The van der Waals surface area contributed by atoms with Crippen LogP contribution in [0.3, 0.4) is 0 Å². The molecular weight excluding hydrogens is 369 g/mol. The number of halogens is 1. The van der Waals surface area contributed by atoms with E-state index in [4.69, 9.17) is 9.47 Å². The van der Waals surface area contributed by atoms with Crippen LogP contribution >= 0.6 is 22.6 Å². The Labute approximate surface area is 132 Å². The summed E-state index contributed by atoms with van der Waals surface area (Å²) in [4.78, 5) is 14.5. The van der Waals surface area contributed by atoms with Crippen molar-refractivity contribution < 1.29 is 14.3 Å². The van der Waals surface area contributed by atoms with Crippen molar-refractivity contribution in [1.82, 2.24) is 4.90 Å². The Hall–Kier alpha value is -0.660. The number of piperidine rings is 1. The molecule has 2 heterocycles. The third-order valence-electron chi connectivity index (χ3n) is 3.96. The van der Waals surface area contributed by atoms with Crippen molar-refractivity contribution in [2.45, 2.75) is 19.1 Å². The van der Waals surface area contributed by atoms with E-state index in [9.17, 15) is 4.79 Å². The molecule has 1 aromatic carbocycles. The average Bonchev–Trinajstić information content (AvgIpc) is 3.01. The number of likely N-dealkylation sites (tertiary alicyclic amines) is 1. The third-order valence-corrected chi connectivity index (χ3v) is 4.90. The second-order valence-corrected chi connectivity index (χ2v) is 6.38. The van der Waals surface area contributed by atoms with Gasteiger partial charge in [-0.05, 0) is 47.6 Å². The molecule has 0 unspecified atom stereocenters. The normalized spacial score (nSPS) is 21.4. The molecule has 0 aliphatic carbocycles. The van der Waals surface area contributed by atoms with E-state index < -0.39 is 0 Å². The van der Waals surface area contributed by atoms with E-state index in [-0.39, 0.29) is 12.2 Å². The fourth-order valence-corrected chi connectivity index (χ4v) is 3.45. The molecule has 0 aromatic heterocycles. The van der Waals surface area contributed by atoms with Crippen LogP contribution in [-0.2, 0) is 9.47 Å². The Morgan fingerprint density at radius 1 is 1.15 bits per heavy atom. The number of carbonyl (C=O) groups is 1. The van der Waals surface area contributed by atoms with Gasteiger partial charge in [-0.2, -0.15) is 0 Å². The summed E-state index contributed by atoms with van der Waals surface area (Å²) in [5, 5.41) is 0. The maximum absolute atomic E-state index is 12.5. The van der Waals surface area contributed by atoms with Gasteiger partial charge in [0.25, 0.3) is 5.91 Å². The van der Waals surface area contributed by atoms with Crippen LogP contribution < -0.4 is 0 Å². The number of rotatable bonds is 2. The standard InChI is InChI=1S/C15H18INO3/c16-13-4-2-1-3-12(13)14(18)17-7-5-11(6-8-17)15-19-9-10-20-15/h1-4,11,15H,5-10H2. The zero-order valence-corrected chi connectivity index (χ0v) is 13.4. The Balaban J connectivity index is 1.60. The predicted molar refractivity (Wildman–Crippen MR) is 83.5 cm³/mol. The molecule has 5 heteroatoms. The molecule has 0 saturated carbocycles. The van der Waals surface area contributed by atoms with Crippen LogP contribution in [0.25, 0.3) is 0 Å². The summed E-state index contributed by atoms with van der Waals surface area (Å²) < 4.78 is 12.1. The average molecular weight is 387 g/mol. The first-order valence-corrected chi connectivity index (χ1v) is 8.10. The van der Waals surface area contributed by atoms with Crippen molar-refractivity contribution in [1.29, 1.82) is 0 Å². The Kier molecular flexibility index (Phi) is 4.58. The largest absolute Gasteiger partial charge is 0.350 e.